The second kappa shape index (κ2) is 5.22. The average Bonchev–Trinajstić information content (AvgIpc) is 3.19. The molecule has 0 aromatic carbocycles. The summed E-state index contributed by atoms with van der Waals surface area (Å²) in [5.74, 6) is -0.314. The van der Waals surface area contributed by atoms with Crippen molar-refractivity contribution in [3.05, 3.63) is 23.2 Å². The number of nitrogens with one attached hydrogen (secondary N) is 3. The molecule has 6 nitrogen and oxygen atoms in total. The number of pyridine rings is 1. The third kappa shape index (κ3) is 2.66. The van der Waals surface area contributed by atoms with Gasteiger partial charge in [-0.15, -0.1) is 11.3 Å². The van der Waals surface area contributed by atoms with Gasteiger partial charge in [-0.25, -0.2) is 4.98 Å². The third-order valence-electron chi connectivity index (χ3n) is 2.91. The lowest BCUT2D eigenvalue weighted by Gasteiger charge is -2.10. The van der Waals surface area contributed by atoms with E-state index in [0.717, 1.165) is 23.1 Å². The van der Waals surface area contributed by atoms with E-state index in [9.17, 15) is 4.79 Å². The lowest BCUT2D eigenvalue weighted by molar-refractivity contribution is 0.0948. The van der Waals surface area contributed by atoms with Gasteiger partial charge in [0.15, 0.2) is 5.11 Å². The topological polar surface area (TPSA) is 92.1 Å². The minimum Gasteiger partial charge on any atom is -0.397 e. The predicted octanol–water partition coefficient (Wildman–Crippen LogP) is 1.15. The summed E-state index contributed by atoms with van der Waals surface area (Å²) in [6.45, 7) is 0. The first-order valence-corrected chi connectivity index (χ1v) is 7.37. The molecule has 2 aromatic rings. The number of nitrogens with zero attached hydrogens (tertiary/aromatic N) is 1. The summed E-state index contributed by atoms with van der Waals surface area (Å²) in [4.78, 5) is 17.4. The number of rotatable bonds is 2. The molecule has 0 unspecified atom stereocenters. The highest BCUT2D eigenvalue weighted by molar-refractivity contribution is 7.80. The van der Waals surface area contributed by atoms with Gasteiger partial charge in [0.25, 0.3) is 5.91 Å². The average molecular weight is 307 g/mol. The maximum absolute atomic E-state index is 12.1. The third-order valence-corrected chi connectivity index (χ3v) is 4.26. The molecule has 5 N–H and O–H groups in total. The van der Waals surface area contributed by atoms with Crippen molar-refractivity contribution in [3.63, 3.8) is 0 Å². The molecule has 1 amide bonds. The zero-order valence-electron chi connectivity index (χ0n) is 10.5. The fourth-order valence-corrected chi connectivity index (χ4v) is 2.92. The van der Waals surface area contributed by atoms with Crippen LogP contribution in [0.3, 0.4) is 0 Å². The Kier molecular flexibility index (Phi) is 3.41. The summed E-state index contributed by atoms with van der Waals surface area (Å²) in [7, 11) is 0. The number of nitrogen functional groups attached to an aromatic ring is 1. The molecule has 2 aromatic heterocycles. The van der Waals surface area contributed by atoms with Crippen molar-refractivity contribution < 1.29 is 4.79 Å². The first-order valence-electron chi connectivity index (χ1n) is 6.15. The number of hydrogen-bond acceptors (Lipinski definition) is 5. The molecule has 0 bridgehead atoms. The van der Waals surface area contributed by atoms with Crippen molar-refractivity contribution in [1.29, 1.82) is 0 Å². The molecule has 0 aliphatic heterocycles. The molecule has 0 atom stereocenters. The summed E-state index contributed by atoms with van der Waals surface area (Å²) in [6.07, 6.45) is 3.91. The van der Waals surface area contributed by atoms with Gasteiger partial charge in [-0.1, -0.05) is 0 Å². The molecule has 0 saturated heterocycles. The standard InChI is InChI=1S/C12H13N5OS2/c13-8-7-2-1-5-14-11(7)20-9(8)10(18)16-17-12(19)15-6-3-4-6/h1-2,5-6H,3-4,13H2,(H,16,18)(H2,15,17,19). The Morgan fingerprint density at radius 2 is 2.25 bits per heavy atom. The van der Waals surface area contributed by atoms with E-state index < -0.39 is 0 Å². The normalized spacial score (nSPS) is 14.0. The van der Waals surface area contributed by atoms with E-state index in [4.69, 9.17) is 18.0 Å². The lowest BCUT2D eigenvalue weighted by atomic mass is 10.2. The van der Waals surface area contributed by atoms with Crippen LogP contribution in [0.4, 0.5) is 5.69 Å². The molecular weight excluding hydrogens is 294 g/mol. The molecule has 1 aliphatic rings. The van der Waals surface area contributed by atoms with Crippen molar-refractivity contribution in [2.45, 2.75) is 18.9 Å². The SMILES string of the molecule is Nc1c(C(=O)NNC(=S)NC2CC2)sc2ncccc12. The summed E-state index contributed by atoms with van der Waals surface area (Å²) in [5, 5.41) is 4.28. The number of anilines is 1. The number of carbonyl (C=O) groups excluding carboxylic acids is 1. The lowest BCUT2D eigenvalue weighted by Crippen LogP contribution is -2.47. The molecule has 1 fully saturated rings. The van der Waals surface area contributed by atoms with E-state index in [1.54, 1.807) is 12.3 Å². The van der Waals surface area contributed by atoms with Crippen LogP contribution < -0.4 is 21.9 Å². The van der Waals surface area contributed by atoms with Gasteiger partial charge in [0, 0.05) is 17.6 Å². The quantitative estimate of drug-likeness (QED) is 0.491. The fraction of sp³-hybridized carbons (Fsp3) is 0.250. The van der Waals surface area contributed by atoms with Crippen molar-refractivity contribution in [3.8, 4) is 0 Å². The molecule has 0 spiro atoms. The Labute approximate surface area is 124 Å². The van der Waals surface area contributed by atoms with Crippen molar-refractivity contribution in [2.24, 2.45) is 0 Å². The largest absolute Gasteiger partial charge is 0.397 e. The number of hydrogen-bond donors (Lipinski definition) is 4. The van der Waals surface area contributed by atoms with Crippen molar-refractivity contribution >= 4 is 50.5 Å². The van der Waals surface area contributed by atoms with Gasteiger partial charge in [0.2, 0.25) is 0 Å². The molecule has 20 heavy (non-hydrogen) atoms. The summed E-state index contributed by atoms with van der Waals surface area (Å²) < 4.78 is 0. The number of aromatic nitrogens is 1. The Bertz CT molecular complexity index is 680. The van der Waals surface area contributed by atoms with Gasteiger partial charge in [-0.05, 0) is 37.2 Å². The van der Waals surface area contributed by atoms with E-state index in [-0.39, 0.29) is 5.91 Å². The van der Waals surface area contributed by atoms with E-state index in [2.05, 4.69) is 21.2 Å². The Morgan fingerprint density at radius 3 is 2.95 bits per heavy atom. The molecule has 8 heteroatoms. The minimum atomic E-state index is -0.314. The molecule has 1 saturated carbocycles. The van der Waals surface area contributed by atoms with Crippen LogP contribution in [0.15, 0.2) is 18.3 Å². The van der Waals surface area contributed by atoms with Crippen LogP contribution in [-0.2, 0) is 0 Å². The predicted molar refractivity (Wildman–Crippen MR) is 83.4 cm³/mol. The number of thiocarbonyl (C=S) groups is 1. The van der Waals surface area contributed by atoms with Crippen LogP contribution in [0.1, 0.15) is 22.5 Å². The van der Waals surface area contributed by atoms with Gasteiger partial charge in [0.05, 0.1) is 5.69 Å². The monoisotopic (exact) mass is 307 g/mol. The first kappa shape index (κ1) is 13.1. The van der Waals surface area contributed by atoms with Gasteiger partial charge in [-0.2, -0.15) is 0 Å². The molecule has 3 rings (SSSR count). The van der Waals surface area contributed by atoms with E-state index >= 15 is 0 Å². The van der Waals surface area contributed by atoms with Crippen molar-refractivity contribution in [1.82, 2.24) is 21.2 Å². The van der Waals surface area contributed by atoms with E-state index in [1.807, 2.05) is 6.07 Å². The first-order chi connectivity index (χ1) is 9.65. The minimum absolute atomic E-state index is 0.314. The Hall–Kier alpha value is -1.93. The highest BCUT2D eigenvalue weighted by atomic mass is 32.1. The zero-order chi connectivity index (χ0) is 14.1. The summed E-state index contributed by atoms with van der Waals surface area (Å²) in [5.41, 5.74) is 11.6. The Balaban J connectivity index is 1.68. The van der Waals surface area contributed by atoms with Crippen molar-refractivity contribution in [2.75, 3.05) is 5.73 Å². The van der Waals surface area contributed by atoms with Crippen LogP contribution in [0.25, 0.3) is 10.2 Å². The Morgan fingerprint density at radius 1 is 1.45 bits per heavy atom. The molecule has 0 radical (unpaired) electrons. The van der Waals surface area contributed by atoms with Crippen LogP contribution in [0.2, 0.25) is 0 Å². The smallest absolute Gasteiger partial charge is 0.281 e. The van der Waals surface area contributed by atoms with Gasteiger partial charge in [-0.3, -0.25) is 15.6 Å². The van der Waals surface area contributed by atoms with Crippen LogP contribution in [0, 0.1) is 0 Å². The van der Waals surface area contributed by atoms with Gasteiger partial charge >= 0.3 is 0 Å². The number of hydrazine groups is 1. The maximum atomic E-state index is 12.1. The van der Waals surface area contributed by atoms with Crippen LogP contribution in [0.5, 0.6) is 0 Å². The molecule has 2 heterocycles. The number of carbonyl (C=O) groups is 1. The second-order valence-electron chi connectivity index (χ2n) is 4.53. The highest BCUT2D eigenvalue weighted by Gasteiger charge is 2.22. The number of fused-ring (bicyclic) bond motifs is 1. The van der Waals surface area contributed by atoms with Crippen LogP contribution in [-0.4, -0.2) is 22.0 Å². The van der Waals surface area contributed by atoms with Gasteiger partial charge in [0.1, 0.15) is 9.71 Å². The van der Waals surface area contributed by atoms with Gasteiger partial charge < -0.3 is 11.1 Å². The molecule has 104 valence electrons. The van der Waals surface area contributed by atoms with Crippen LogP contribution >= 0.6 is 23.6 Å². The molecular formula is C12H13N5OS2. The number of nitrogens with two attached hydrogens (primary N) is 1. The van der Waals surface area contributed by atoms with E-state index in [1.165, 1.54) is 11.3 Å². The van der Waals surface area contributed by atoms with E-state index in [0.29, 0.717) is 21.7 Å². The fourth-order valence-electron chi connectivity index (χ4n) is 1.74. The maximum Gasteiger partial charge on any atom is 0.281 e. The number of thiophene rings is 1. The second-order valence-corrected chi connectivity index (χ2v) is 5.94. The summed E-state index contributed by atoms with van der Waals surface area (Å²) in [6, 6.07) is 4.07. The number of amides is 1. The zero-order valence-corrected chi connectivity index (χ0v) is 12.1. The highest BCUT2D eigenvalue weighted by Crippen LogP contribution is 2.31. The summed E-state index contributed by atoms with van der Waals surface area (Å²) >= 11 is 6.32. The molecule has 1 aliphatic carbocycles.